The zero-order valence-corrected chi connectivity index (χ0v) is 7.02. The van der Waals surface area contributed by atoms with Crippen molar-refractivity contribution >= 4 is 0 Å². The first-order valence-electron chi connectivity index (χ1n) is 3.56. The van der Waals surface area contributed by atoms with Gasteiger partial charge in [0, 0.05) is 5.57 Å². The maximum Gasteiger partial charge on any atom is 0.266 e. The summed E-state index contributed by atoms with van der Waals surface area (Å²) >= 11 is 0. The van der Waals surface area contributed by atoms with E-state index >= 15 is 0 Å². The summed E-state index contributed by atoms with van der Waals surface area (Å²) in [6.45, 7) is 3.06. The molecule has 0 fully saturated rings. The monoisotopic (exact) mass is 176 g/mol. The number of allylic oxidation sites excluding steroid dienone is 6. The molecule has 0 unspecified atom stereocenters. The molecule has 0 saturated carbocycles. The fourth-order valence-corrected chi connectivity index (χ4v) is 0.645. The molecule has 3 heteroatoms. The molecule has 0 aliphatic carbocycles. The van der Waals surface area contributed by atoms with E-state index in [0.717, 1.165) is 12.2 Å². The standard InChI is InChI=1S/C9H11F3/c1-3-5-6-8(10)7(4-2)9(11)12/h3-6,9H,1-2H3/b5-3+,7-4+,8-6+. The second-order valence-corrected chi connectivity index (χ2v) is 2.09. The molecule has 0 aliphatic heterocycles. The van der Waals surface area contributed by atoms with Gasteiger partial charge < -0.3 is 0 Å². The molecule has 0 aromatic carbocycles. The SMILES string of the molecule is C/C=C/C=C(F)\C(=C/C)C(F)F. The molecular weight excluding hydrogens is 165 g/mol. The van der Waals surface area contributed by atoms with Crippen LogP contribution in [0.2, 0.25) is 0 Å². The van der Waals surface area contributed by atoms with E-state index in [4.69, 9.17) is 0 Å². The quantitative estimate of drug-likeness (QED) is 0.576. The first kappa shape index (κ1) is 11.0. The Morgan fingerprint density at radius 3 is 2.17 bits per heavy atom. The van der Waals surface area contributed by atoms with Crippen LogP contribution in [0.1, 0.15) is 13.8 Å². The van der Waals surface area contributed by atoms with E-state index in [0.29, 0.717) is 0 Å². The molecule has 0 atom stereocenters. The van der Waals surface area contributed by atoms with Crippen molar-refractivity contribution in [1.82, 2.24) is 0 Å². The van der Waals surface area contributed by atoms with Crippen molar-refractivity contribution in [3.63, 3.8) is 0 Å². The van der Waals surface area contributed by atoms with E-state index in [9.17, 15) is 13.2 Å². The average molecular weight is 176 g/mol. The van der Waals surface area contributed by atoms with E-state index in [-0.39, 0.29) is 0 Å². The van der Waals surface area contributed by atoms with Crippen molar-refractivity contribution in [2.45, 2.75) is 20.3 Å². The summed E-state index contributed by atoms with van der Waals surface area (Å²) in [5.41, 5.74) is -0.562. The first-order valence-corrected chi connectivity index (χ1v) is 3.56. The molecule has 0 spiro atoms. The van der Waals surface area contributed by atoms with Crippen molar-refractivity contribution in [2.24, 2.45) is 0 Å². The summed E-state index contributed by atoms with van der Waals surface area (Å²) in [5, 5.41) is 0. The molecule has 0 nitrogen and oxygen atoms in total. The minimum Gasteiger partial charge on any atom is -0.206 e. The van der Waals surface area contributed by atoms with Gasteiger partial charge in [-0.1, -0.05) is 18.2 Å². The molecule has 0 N–H and O–H groups in total. The lowest BCUT2D eigenvalue weighted by atomic mass is 10.2. The van der Waals surface area contributed by atoms with E-state index in [1.807, 2.05) is 0 Å². The van der Waals surface area contributed by atoms with Crippen LogP contribution in [0.25, 0.3) is 0 Å². The normalized spacial score (nSPS) is 14.8. The van der Waals surface area contributed by atoms with Crippen LogP contribution in [0, 0.1) is 0 Å². The Kier molecular flexibility index (Phi) is 5.17. The van der Waals surface area contributed by atoms with E-state index < -0.39 is 17.8 Å². The van der Waals surface area contributed by atoms with Gasteiger partial charge in [0.05, 0.1) is 0 Å². The highest BCUT2D eigenvalue weighted by Crippen LogP contribution is 2.19. The summed E-state index contributed by atoms with van der Waals surface area (Å²) in [6.07, 6.45) is 2.28. The van der Waals surface area contributed by atoms with Crippen LogP contribution in [0.4, 0.5) is 13.2 Å². The van der Waals surface area contributed by atoms with Crippen molar-refractivity contribution in [1.29, 1.82) is 0 Å². The van der Waals surface area contributed by atoms with Crippen LogP contribution in [-0.4, -0.2) is 6.43 Å². The summed E-state index contributed by atoms with van der Waals surface area (Å²) in [5.74, 6) is -0.884. The molecular formula is C9H11F3. The zero-order valence-electron chi connectivity index (χ0n) is 7.02. The van der Waals surface area contributed by atoms with Crippen LogP contribution < -0.4 is 0 Å². The lowest BCUT2D eigenvalue weighted by molar-refractivity contribution is 0.188. The molecule has 0 heterocycles. The highest BCUT2D eigenvalue weighted by molar-refractivity contribution is 5.29. The molecule has 0 radical (unpaired) electrons. The topological polar surface area (TPSA) is 0 Å². The van der Waals surface area contributed by atoms with E-state index in [1.165, 1.54) is 13.0 Å². The molecule has 0 aromatic rings. The van der Waals surface area contributed by atoms with E-state index in [2.05, 4.69) is 0 Å². The number of hydrogen-bond donors (Lipinski definition) is 0. The number of halogens is 3. The number of rotatable bonds is 3. The number of alkyl halides is 2. The van der Waals surface area contributed by atoms with Gasteiger partial charge in [0.25, 0.3) is 6.43 Å². The lowest BCUT2D eigenvalue weighted by Gasteiger charge is -2.00. The van der Waals surface area contributed by atoms with Gasteiger partial charge in [-0.25, -0.2) is 13.2 Å². The maximum atomic E-state index is 12.8. The Hall–Kier alpha value is -0.990. The summed E-state index contributed by atoms with van der Waals surface area (Å²) < 4.78 is 36.8. The Morgan fingerprint density at radius 2 is 1.83 bits per heavy atom. The van der Waals surface area contributed by atoms with Gasteiger partial charge in [-0.05, 0) is 19.9 Å². The molecule has 0 rings (SSSR count). The first-order chi connectivity index (χ1) is 5.63. The Balaban J connectivity index is 4.54. The molecule has 0 aliphatic rings. The Labute approximate surface area is 70.1 Å². The fourth-order valence-electron chi connectivity index (χ4n) is 0.645. The smallest absolute Gasteiger partial charge is 0.206 e. The van der Waals surface area contributed by atoms with E-state index in [1.54, 1.807) is 13.0 Å². The third-order valence-corrected chi connectivity index (χ3v) is 1.26. The van der Waals surface area contributed by atoms with Crippen molar-refractivity contribution in [3.8, 4) is 0 Å². The van der Waals surface area contributed by atoms with Gasteiger partial charge in [-0.3, -0.25) is 0 Å². The Morgan fingerprint density at radius 1 is 1.25 bits per heavy atom. The van der Waals surface area contributed by atoms with Crippen LogP contribution >= 0.6 is 0 Å². The minimum atomic E-state index is -2.75. The van der Waals surface area contributed by atoms with Gasteiger partial charge >= 0.3 is 0 Å². The summed E-state index contributed by atoms with van der Waals surface area (Å²) in [6, 6.07) is 0. The fraction of sp³-hybridized carbons (Fsp3) is 0.333. The second kappa shape index (κ2) is 5.63. The van der Waals surface area contributed by atoms with Crippen LogP contribution in [0.5, 0.6) is 0 Å². The average Bonchev–Trinajstić information content (AvgIpc) is 2.01. The van der Waals surface area contributed by atoms with Gasteiger partial charge in [0.15, 0.2) is 0 Å². The molecule has 68 valence electrons. The van der Waals surface area contributed by atoms with Crippen molar-refractivity contribution in [2.75, 3.05) is 0 Å². The van der Waals surface area contributed by atoms with Gasteiger partial charge in [-0.15, -0.1) is 0 Å². The van der Waals surface area contributed by atoms with Crippen molar-refractivity contribution in [3.05, 3.63) is 35.7 Å². The predicted molar refractivity (Wildman–Crippen MR) is 43.8 cm³/mol. The maximum absolute atomic E-state index is 12.8. The molecule has 0 bridgehead atoms. The minimum absolute atomic E-state index is 0.562. The lowest BCUT2D eigenvalue weighted by Crippen LogP contribution is -1.96. The number of hydrogen-bond acceptors (Lipinski definition) is 0. The van der Waals surface area contributed by atoms with Crippen molar-refractivity contribution < 1.29 is 13.2 Å². The van der Waals surface area contributed by atoms with Gasteiger partial charge in [0.2, 0.25) is 0 Å². The predicted octanol–water partition coefficient (Wildman–Crippen LogP) is 3.63. The van der Waals surface area contributed by atoms with Gasteiger partial charge in [-0.2, -0.15) is 0 Å². The Bertz CT molecular complexity index is 212. The molecule has 12 heavy (non-hydrogen) atoms. The largest absolute Gasteiger partial charge is 0.266 e. The second-order valence-electron chi connectivity index (χ2n) is 2.09. The molecule has 0 amide bonds. The molecule has 0 saturated heterocycles. The summed E-state index contributed by atoms with van der Waals surface area (Å²) in [4.78, 5) is 0. The van der Waals surface area contributed by atoms with Crippen LogP contribution in [-0.2, 0) is 0 Å². The molecule has 0 aromatic heterocycles. The third kappa shape index (κ3) is 3.42. The third-order valence-electron chi connectivity index (χ3n) is 1.26. The summed E-state index contributed by atoms with van der Waals surface area (Å²) in [7, 11) is 0. The highest BCUT2D eigenvalue weighted by Gasteiger charge is 2.13. The zero-order chi connectivity index (χ0) is 9.56. The van der Waals surface area contributed by atoms with Crippen LogP contribution in [0.3, 0.4) is 0 Å². The van der Waals surface area contributed by atoms with Crippen LogP contribution in [0.15, 0.2) is 35.7 Å². The van der Waals surface area contributed by atoms with Gasteiger partial charge in [0.1, 0.15) is 5.83 Å². The highest BCUT2D eigenvalue weighted by atomic mass is 19.3.